The first kappa shape index (κ1) is 18.7. The third-order valence-corrected chi connectivity index (χ3v) is 11.3. The highest BCUT2D eigenvalue weighted by molar-refractivity contribution is 6.83. The lowest BCUT2D eigenvalue weighted by atomic mass is 10.0. The molecule has 0 bridgehead atoms. The van der Waals surface area contributed by atoms with Gasteiger partial charge in [-0.15, -0.1) is 0 Å². The van der Waals surface area contributed by atoms with Crippen molar-refractivity contribution in [1.29, 1.82) is 0 Å². The van der Waals surface area contributed by atoms with Crippen molar-refractivity contribution in [2.24, 2.45) is 4.66 Å². The van der Waals surface area contributed by atoms with Gasteiger partial charge in [-0.3, -0.25) is 0 Å². The van der Waals surface area contributed by atoms with E-state index in [9.17, 15) is 0 Å². The van der Waals surface area contributed by atoms with E-state index in [1.54, 1.807) is 0 Å². The van der Waals surface area contributed by atoms with Gasteiger partial charge in [0.05, 0.1) is 5.71 Å². The van der Waals surface area contributed by atoms with E-state index in [4.69, 9.17) is 4.66 Å². The van der Waals surface area contributed by atoms with E-state index in [1.807, 2.05) is 0 Å². The zero-order valence-corrected chi connectivity index (χ0v) is 17.0. The van der Waals surface area contributed by atoms with Gasteiger partial charge in [0.1, 0.15) is 0 Å². The highest BCUT2D eigenvalue weighted by atomic mass is 28.3. The van der Waals surface area contributed by atoms with Crippen LogP contribution in [0.4, 0.5) is 0 Å². The number of hydrogen-bond donors (Lipinski definition) is 0. The van der Waals surface area contributed by atoms with Crippen LogP contribution < -0.4 is 0 Å². The minimum absolute atomic E-state index is 0.611. The van der Waals surface area contributed by atoms with E-state index in [-0.39, 0.29) is 0 Å². The maximum Gasteiger partial charge on any atom is 0.189 e. The van der Waals surface area contributed by atoms with Gasteiger partial charge in [-0.1, -0.05) is 102 Å². The molecule has 0 atom stereocenters. The summed E-state index contributed by atoms with van der Waals surface area (Å²) in [6.45, 7) is 14.2. The van der Waals surface area contributed by atoms with Gasteiger partial charge in [-0.25, -0.2) is 0 Å². The normalized spacial score (nSPS) is 12.0. The molecular weight excluding hydrogens is 306 g/mol. The van der Waals surface area contributed by atoms with E-state index >= 15 is 0 Å². The number of rotatable bonds is 6. The van der Waals surface area contributed by atoms with E-state index in [2.05, 4.69) is 102 Å². The largest absolute Gasteiger partial charge is 0.319 e. The van der Waals surface area contributed by atoms with Crippen molar-refractivity contribution >= 4 is 13.9 Å². The quantitative estimate of drug-likeness (QED) is 0.411. The van der Waals surface area contributed by atoms with Gasteiger partial charge in [0.25, 0.3) is 0 Å². The van der Waals surface area contributed by atoms with Crippen LogP contribution in [0.25, 0.3) is 0 Å². The van der Waals surface area contributed by atoms with Gasteiger partial charge in [-0.05, 0) is 27.8 Å². The second-order valence-electron chi connectivity index (χ2n) is 7.54. The highest BCUT2D eigenvalue weighted by Crippen LogP contribution is 2.43. The van der Waals surface area contributed by atoms with Crippen LogP contribution in [0.1, 0.15) is 52.7 Å². The predicted molar refractivity (Wildman–Crippen MR) is 110 cm³/mol. The van der Waals surface area contributed by atoms with Crippen molar-refractivity contribution in [2.45, 2.75) is 58.2 Å². The molecule has 0 aliphatic heterocycles. The summed E-state index contributed by atoms with van der Waals surface area (Å²) in [7, 11) is -1.87. The van der Waals surface area contributed by atoms with Crippen molar-refractivity contribution in [3.05, 3.63) is 71.8 Å². The molecule has 0 spiro atoms. The van der Waals surface area contributed by atoms with Gasteiger partial charge in [0.15, 0.2) is 8.24 Å². The molecule has 0 aliphatic rings. The van der Waals surface area contributed by atoms with Crippen molar-refractivity contribution < 1.29 is 0 Å². The zero-order chi connectivity index (χ0) is 17.7. The summed E-state index contributed by atoms with van der Waals surface area (Å²) in [5.74, 6) is 0. The summed E-state index contributed by atoms with van der Waals surface area (Å²) < 4.78 is 5.60. The Balaban J connectivity index is 2.71. The molecule has 0 saturated carbocycles. The van der Waals surface area contributed by atoms with Gasteiger partial charge >= 0.3 is 0 Å². The minimum atomic E-state index is -1.87. The van der Waals surface area contributed by atoms with Gasteiger partial charge < -0.3 is 4.66 Å². The van der Waals surface area contributed by atoms with Gasteiger partial charge in [-0.2, -0.15) is 0 Å². The van der Waals surface area contributed by atoms with Gasteiger partial charge in [0, 0.05) is 0 Å². The molecular formula is C22H31NSi. The molecule has 0 aromatic heterocycles. The van der Waals surface area contributed by atoms with E-state index < -0.39 is 8.24 Å². The number of benzene rings is 2. The standard InChI is InChI=1S/C22H31NSi/c1-17(2)24(18(3)4,19(5)6)23-22(20-13-9-7-10-14-20)21-15-11-8-12-16-21/h7-19H,1-6H3. The molecule has 2 aromatic carbocycles. The summed E-state index contributed by atoms with van der Waals surface area (Å²) in [5.41, 5.74) is 5.45. The topological polar surface area (TPSA) is 12.4 Å². The molecule has 0 fully saturated rings. The molecule has 2 aromatic rings. The van der Waals surface area contributed by atoms with Crippen molar-refractivity contribution in [1.82, 2.24) is 0 Å². The lowest BCUT2D eigenvalue weighted by Crippen LogP contribution is -2.44. The second-order valence-corrected chi connectivity index (χ2v) is 13.0. The van der Waals surface area contributed by atoms with Crippen LogP contribution in [0, 0.1) is 0 Å². The molecule has 2 rings (SSSR count). The Morgan fingerprint density at radius 1 is 0.625 bits per heavy atom. The van der Waals surface area contributed by atoms with Crippen LogP contribution in [0.2, 0.25) is 16.6 Å². The van der Waals surface area contributed by atoms with Crippen LogP contribution in [0.3, 0.4) is 0 Å². The summed E-state index contributed by atoms with van der Waals surface area (Å²) >= 11 is 0. The molecule has 2 heteroatoms. The SMILES string of the molecule is CC(C)[Si](N=C(c1ccccc1)c1ccccc1)(C(C)C)C(C)C. The van der Waals surface area contributed by atoms with Crippen LogP contribution >= 0.6 is 0 Å². The molecule has 0 aliphatic carbocycles. The molecule has 0 saturated heterocycles. The molecule has 0 unspecified atom stereocenters. The summed E-state index contributed by atoms with van der Waals surface area (Å²) in [6.07, 6.45) is 0. The number of hydrogen-bond acceptors (Lipinski definition) is 1. The van der Waals surface area contributed by atoms with Crippen LogP contribution in [0.15, 0.2) is 65.3 Å². The van der Waals surface area contributed by atoms with Gasteiger partial charge in [0.2, 0.25) is 0 Å². The average molecular weight is 338 g/mol. The first-order valence-corrected chi connectivity index (χ1v) is 11.3. The highest BCUT2D eigenvalue weighted by Gasteiger charge is 2.44. The predicted octanol–water partition coefficient (Wildman–Crippen LogP) is 6.70. The fourth-order valence-corrected chi connectivity index (χ4v) is 9.49. The second kappa shape index (κ2) is 7.93. The fraction of sp³-hybridized carbons (Fsp3) is 0.409. The van der Waals surface area contributed by atoms with Crippen molar-refractivity contribution in [3.8, 4) is 0 Å². The molecule has 128 valence electrons. The monoisotopic (exact) mass is 337 g/mol. The Kier molecular flexibility index (Phi) is 6.17. The Morgan fingerprint density at radius 2 is 0.958 bits per heavy atom. The molecule has 0 N–H and O–H groups in total. The lowest BCUT2D eigenvalue weighted by Gasteiger charge is -2.39. The Hall–Kier alpha value is -1.67. The molecule has 1 nitrogen and oxygen atoms in total. The molecule has 24 heavy (non-hydrogen) atoms. The van der Waals surface area contributed by atoms with Crippen LogP contribution in [-0.2, 0) is 0 Å². The molecule has 0 amide bonds. The van der Waals surface area contributed by atoms with Crippen molar-refractivity contribution in [3.63, 3.8) is 0 Å². The third-order valence-electron chi connectivity index (χ3n) is 5.17. The maximum absolute atomic E-state index is 5.60. The number of nitrogens with zero attached hydrogens (tertiary/aromatic N) is 1. The smallest absolute Gasteiger partial charge is 0.189 e. The van der Waals surface area contributed by atoms with Crippen LogP contribution in [0.5, 0.6) is 0 Å². The fourth-order valence-electron chi connectivity index (χ4n) is 4.07. The minimum Gasteiger partial charge on any atom is -0.319 e. The summed E-state index contributed by atoms with van der Waals surface area (Å²) in [5, 5.41) is 0. The average Bonchev–Trinajstić information content (AvgIpc) is 2.56. The zero-order valence-electron chi connectivity index (χ0n) is 16.0. The van der Waals surface area contributed by atoms with E-state index in [1.165, 1.54) is 16.8 Å². The molecule has 0 heterocycles. The summed E-state index contributed by atoms with van der Waals surface area (Å²) in [4.78, 5) is 0. The Bertz CT molecular complexity index is 594. The van der Waals surface area contributed by atoms with Crippen LogP contribution in [-0.4, -0.2) is 13.9 Å². The third kappa shape index (κ3) is 3.70. The van der Waals surface area contributed by atoms with E-state index in [0.29, 0.717) is 16.6 Å². The van der Waals surface area contributed by atoms with E-state index in [0.717, 1.165) is 0 Å². The first-order chi connectivity index (χ1) is 11.4. The maximum atomic E-state index is 5.60. The molecule has 0 radical (unpaired) electrons. The van der Waals surface area contributed by atoms with Crippen molar-refractivity contribution in [2.75, 3.05) is 0 Å². The first-order valence-electron chi connectivity index (χ1n) is 9.10. The lowest BCUT2D eigenvalue weighted by molar-refractivity contribution is 0.810. The Morgan fingerprint density at radius 3 is 1.25 bits per heavy atom. The Labute approximate surface area is 148 Å². The summed E-state index contributed by atoms with van der Waals surface area (Å²) in [6, 6.07) is 21.3.